The molecule has 1 atom stereocenters. The zero-order valence-corrected chi connectivity index (χ0v) is 9.93. The monoisotopic (exact) mass is 227 g/mol. The van der Waals surface area contributed by atoms with Crippen molar-refractivity contribution in [2.24, 2.45) is 0 Å². The molecule has 0 fully saturated rings. The van der Waals surface area contributed by atoms with Crippen molar-refractivity contribution in [3.05, 3.63) is 60.4 Å². The Bertz CT molecular complexity index is 428. The number of nitrogens with zero attached hydrogens (tertiary/aromatic N) is 1. The summed E-state index contributed by atoms with van der Waals surface area (Å²) in [5.74, 6) is 0. The molecule has 1 aromatic heterocycles. The summed E-state index contributed by atoms with van der Waals surface area (Å²) in [4.78, 5) is 3.99. The van der Waals surface area contributed by atoms with Gasteiger partial charge in [0.25, 0.3) is 0 Å². The normalized spacial score (nSPS) is 12.1. The molecule has 1 unspecified atom stereocenters. The minimum Gasteiger partial charge on any atom is -0.370 e. The van der Waals surface area contributed by atoms with E-state index < -0.39 is 0 Å². The Balaban J connectivity index is 1.80. The van der Waals surface area contributed by atoms with Crippen molar-refractivity contribution >= 4 is 5.69 Å². The molecule has 0 amide bonds. The molecular weight excluding hydrogens is 210 g/mol. The minimum absolute atomic E-state index is 0.220. The fraction of sp³-hybridized carbons (Fsp3) is 0.214. The van der Waals surface area contributed by atoms with Gasteiger partial charge in [0.2, 0.25) is 0 Å². The minimum atomic E-state index is 0.220. The van der Waals surface area contributed by atoms with Gasteiger partial charge in [0, 0.05) is 24.6 Å². The zero-order chi connectivity index (χ0) is 11.9. The maximum Gasteiger partial charge on any atom is 0.0741 e. The number of hydrogen-bond donors (Lipinski definition) is 2. The first kappa shape index (κ1) is 11.6. The Morgan fingerprint density at radius 1 is 1.06 bits per heavy atom. The zero-order valence-electron chi connectivity index (χ0n) is 9.93. The van der Waals surface area contributed by atoms with Gasteiger partial charge in [-0.15, -0.1) is 0 Å². The van der Waals surface area contributed by atoms with Gasteiger partial charge in [-0.3, -0.25) is 10.3 Å². The van der Waals surface area contributed by atoms with Crippen LogP contribution in [0.3, 0.4) is 0 Å². The van der Waals surface area contributed by atoms with E-state index in [0.29, 0.717) is 0 Å². The van der Waals surface area contributed by atoms with Crippen LogP contribution in [-0.2, 0) is 6.54 Å². The summed E-state index contributed by atoms with van der Waals surface area (Å²) in [5.41, 5.74) is 2.36. The van der Waals surface area contributed by atoms with Crippen LogP contribution in [0.15, 0.2) is 54.9 Å². The summed E-state index contributed by atoms with van der Waals surface area (Å²) in [6.07, 6.45) is 3.79. The molecule has 0 saturated heterocycles. The lowest BCUT2D eigenvalue weighted by molar-refractivity contribution is 0.600. The van der Waals surface area contributed by atoms with Crippen LogP contribution in [-0.4, -0.2) is 11.1 Å². The second kappa shape index (κ2) is 6.01. The quantitative estimate of drug-likeness (QED) is 0.771. The third kappa shape index (κ3) is 3.89. The summed E-state index contributed by atoms with van der Waals surface area (Å²) >= 11 is 0. The fourth-order valence-corrected chi connectivity index (χ4v) is 1.62. The number of pyridine rings is 1. The lowest BCUT2D eigenvalue weighted by Gasteiger charge is -2.16. The summed E-state index contributed by atoms with van der Waals surface area (Å²) in [5, 5.41) is 6.78. The van der Waals surface area contributed by atoms with Gasteiger partial charge in [0.15, 0.2) is 0 Å². The number of anilines is 1. The van der Waals surface area contributed by atoms with E-state index in [0.717, 1.165) is 12.2 Å². The predicted octanol–water partition coefficient (Wildman–Crippen LogP) is 2.63. The summed E-state index contributed by atoms with van der Waals surface area (Å²) in [6.45, 7) is 2.96. The van der Waals surface area contributed by atoms with Crippen LogP contribution in [0.25, 0.3) is 0 Å². The molecule has 88 valence electrons. The predicted molar refractivity (Wildman–Crippen MR) is 70.6 cm³/mol. The largest absolute Gasteiger partial charge is 0.370 e. The highest BCUT2D eigenvalue weighted by atomic mass is 15.1. The maximum absolute atomic E-state index is 3.99. The lowest BCUT2D eigenvalue weighted by Crippen LogP contribution is -2.32. The highest BCUT2D eigenvalue weighted by Crippen LogP contribution is 2.05. The molecule has 2 rings (SSSR count). The van der Waals surface area contributed by atoms with Crippen LogP contribution in [0.4, 0.5) is 5.69 Å². The van der Waals surface area contributed by atoms with Gasteiger partial charge in [-0.2, -0.15) is 0 Å². The number of benzene rings is 1. The standard InChI is InChI=1S/C14H17N3/c1-12(17-14-7-9-15-10-8-14)16-11-13-5-3-2-4-6-13/h2-10,12,16H,11H2,1H3,(H,15,17). The van der Waals surface area contributed by atoms with E-state index in [2.05, 4.69) is 46.8 Å². The average Bonchev–Trinajstić information content (AvgIpc) is 2.39. The molecule has 3 heteroatoms. The Morgan fingerprint density at radius 2 is 1.76 bits per heavy atom. The van der Waals surface area contributed by atoms with E-state index in [1.54, 1.807) is 12.4 Å². The molecule has 1 heterocycles. The first-order chi connectivity index (χ1) is 8.34. The van der Waals surface area contributed by atoms with E-state index in [1.165, 1.54) is 5.56 Å². The van der Waals surface area contributed by atoms with Crippen molar-refractivity contribution in [2.45, 2.75) is 19.6 Å². The molecule has 2 N–H and O–H groups in total. The van der Waals surface area contributed by atoms with E-state index in [4.69, 9.17) is 0 Å². The van der Waals surface area contributed by atoms with Crippen molar-refractivity contribution in [1.29, 1.82) is 0 Å². The summed E-state index contributed by atoms with van der Waals surface area (Å²) in [6, 6.07) is 14.3. The highest BCUT2D eigenvalue weighted by molar-refractivity contribution is 5.41. The summed E-state index contributed by atoms with van der Waals surface area (Å²) < 4.78 is 0. The van der Waals surface area contributed by atoms with E-state index >= 15 is 0 Å². The fourth-order valence-electron chi connectivity index (χ4n) is 1.62. The molecule has 3 nitrogen and oxygen atoms in total. The highest BCUT2D eigenvalue weighted by Gasteiger charge is 2.00. The van der Waals surface area contributed by atoms with Crippen LogP contribution in [0.2, 0.25) is 0 Å². The number of nitrogens with one attached hydrogen (secondary N) is 2. The molecule has 0 spiro atoms. The van der Waals surface area contributed by atoms with Gasteiger partial charge in [-0.05, 0) is 24.6 Å². The van der Waals surface area contributed by atoms with Crippen LogP contribution in [0.5, 0.6) is 0 Å². The molecular formula is C14H17N3. The molecule has 0 saturated carbocycles. The molecule has 0 aliphatic carbocycles. The maximum atomic E-state index is 3.99. The Morgan fingerprint density at radius 3 is 2.47 bits per heavy atom. The first-order valence-corrected chi connectivity index (χ1v) is 5.78. The molecule has 0 radical (unpaired) electrons. The number of rotatable bonds is 5. The topological polar surface area (TPSA) is 37.0 Å². The van der Waals surface area contributed by atoms with Crippen molar-refractivity contribution in [2.75, 3.05) is 5.32 Å². The Kier molecular flexibility index (Phi) is 4.11. The van der Waals surface area contributed by atoms with Gasteiger partial charge in [0.05, 0.1) is 6.17 Å². The van der Waals surface area contributed by atoms with Crippen LogP contribution in [0.1, 0.15) is 12.5 Å². The average molecular weight is 227 g/mol. The van der Waals surface area contributed by atoms with Crippen molar-refractivity contribution < 1.29 is 0 Å². The van der Waals surface area contributed by atoms with Crippen molar-refractivity contribution in [1.82, 2.24) is 10.3 Å². The van der Waals surface area contributed by atoms with Gasteiger partial charge in [-0.1, -0.05) is 30.3 Å². The Hall–Kier alpha value is -1.87. The van der Waals surface area contributed by atoms with Crippen molar-refractivity contribution in [3.8, 4) is 0 Å². The van der Waals surface area contributed by atoms with Gasteiger partial charge in [0.1, 0.15) is 0 Å². The van der Waals surface area contributed by atoms with Crippen LogP contribution < -0.4 is 10.6 Å². The smallest absolute Gasteiger partial charge is 0.0741 e. The lowest BCUT2D eigenvalue weighted by atomic mass is 10.2. The van der Waals surface area contributed by atoms with Gasteiger partial charge >= 0.3 is 0 Å². The second-order valence-corrected chi connectivity index (χ2v) is 3.97. The first-order valence-electron chi connectivity index (χ1n) is 5.78. The SMILES string of the molecule is CC(NCc1ccccc1)Nc1ccncc1. The molecule has 0 bridgehead atoms. The van der Waals surface area contributed by atoms with E-state index in [9.17, 15) is 0 Å². The molecule has 0 aliphatic heterocycles. The molecule has 1 aromatic carbocycles. The molecule has 17 heavy (non-hydrogen) atoms. The van der Waals surface area contributed by atoms with Crippen LogP contribution >= 0.6 is 0 Å². The third-order valence-electron chi connectivity index (χ3n) is 2.52. The van der Waals surface area contributed by atoms with E-state index in [1.807, 2.05) is 18.2 Å². The van der Waals surface area contributed by atoms with Crippen LogP contribution in [0, 0.1) is 0 Å². The molecule has 0 aliphatic rings. The van der Waals surface area contributed by atoms with Gasteiger partial charge < -0.3 is 5.32 Å². The number of aromatic nitrogens is 1. The van der Waals surface area contributed by atoms with Crippen molar-refractivity contribution in [3.63, 3.8) is 0 Å². The third-order valence-corrected chi connectivity index (χ3v) is 2.52. The Labute approximate surface area is 102 Å². The molecule has 2 aromatic rings. The van der Waals surface area contributed by atoms with Gasteiger partial charge in [-0.25, -0.2) is 0 Å². The van der Waals surface area contributed by atoms with E-state index in [-0.39, 0.29) is 6.17 Å². The summed E-state index contributed by atoms with van der Waals surface area (Å²) in [7, 11) is 0. The second-order valence-electron chi connectivity index (χ2n) is 3.97. The number of hydrogen-bond acceptors (Lipinski definition) is 3.